The zero-order valence-electron chi connectivity index (χ0n) is 33.3. The minimum atomic E-state index is 0.0953. The van der Waals surface area contributed by atoms with Gasteiger partial charge in [0, 0.05) is 67.4 Å². The first-order valence-corrected chi connectivity index (χ1v) is 22.0. The van der Waals surface area contributed by atoms with Crippen LogP contribution >= 0.6 is 0 Å². The van der Waals surface area contributed by atoms with Crippen LogP contribution in [0.3, 0.4) is 0 Å². The number of carbonyl (C=O) groups is 1. The maximum Gasteiger partial charge on any atom is 0.254 e. The summed E-state index contributed by atoms with van der Waals surface area (Å²) in [5.41, 5.74) is 9.28. The highest BCUT2D eigenvalue weighted by atomic mass is 16.5. The molecule has 0 bridgehead atoms. The van der Waals surface area contributed by atoms with Crippen LogP contribution in [0.5, 0.6) is 11.5 Å². The molecule has 8 heteroatoms. The number of likely N-dealkylation sites (tertiary alicyclic amines) is 1. The molecule has 11 rings (SSSR count). The summed E-state index contributed by atoms with van der Waals surface area (Å²) in [6.45, 7) is 9.17. The Hall–Kier alpha value is -4.40. The molecule has 296 valence electrons. The number of carbonyl (C=O) groups excluding carboxylic acids is 1. The number of hydrogen-bond acceptors (Lipinski definition) is 7. The smallest absolute Gasteiger partial charge is 0.254 e. The second-order valence-electron chi connectivity index (χ2n) is 18.9. The van der Waals surface area contributed by atoms with Crippen molar-refractivity contribution in [1.29, 1.82) is 0 Å². The molecular weight excluding hydrogens is 707 g/mol. The lowest BCUT2D eigenvalue weighted by Gasteiger charge is -2.54. The second-order valence-corrected chi connectivity index (χ2v) is 18.9. The molecule has 2 N–H and O–H groups in total. The number of pyridine rings is 1. The fourth-order valence-corrected chi connectivity index (χ4v) is 12.5. The molecule has 5 aliphatic heterocycles. The Bertz CT molecular complexity index is 2120. The predicted octanol–water partition coefficient (Wildman–Crippen LogP) is 7.78. The van der Waals surface area contributed by atoms with Gasteiger partial charge in [-0.3, -0.25) is 4.79 Å². The first-order chi connectivity index (χ1) is 27.9. The van der Waals surface area contributed by atoms with Crippen LogP contribution in [0.2, 0.25) is 0 Å². The summed E-state index contributed by atoms with van der Waals surface area (Å²) in [5.74, 6) is 4.05. The molecule has 0 unspecified atom stereocenters. The maximum absolute atomic E-state index is 13.4. The molecule has 1 amide bonds. The quantitative estimate of drug-likeness (QED) is 0.208. The molecule has 1 saturated carbocycles. The largest absolute Gasteiger partial charge is 0.508 e. The summed E-state index contributed by atoms with van der Waals surface area (Å²) >= 11 is 0. The van der Waals surface area contributed by atoms with E-state index in [1.807, 2.05) is 12.1 Å². The van der Waals surface area contributed by atoms with E-state index >= 15 is 0 Å². The number of rotatable bonds is 6. The number of aromatic nitrogens is 1. The van der Waals surface area contributed by atoms with Crippen molar-refractivity contribution in [3.05, 3.63) is 118 Å². The number of phenols is 1. The van der Waals surface area contributed by atoms with Gasteiger partial charge in [0.2, 0.25) is 0 Å². The van der Waals surface area contributed by atoms with Crippen LogP contribution in [0.25, 0.3) is 0 Å². The first-order valence-electron chi connectivity index (χ1n) is 22.0. The molecule has 4 fully saturated rings. The molecular formula is C49H57N5O3. The second kappa shape index (κ2) is 14.2. The number of ether oxygens (including phenoxy) is 1. The number of nitrogens with one attached hydrogen (secondary N) is 1. The molecule has 3 saturated heterocycles. The van der Waals surface area contributed by atoms with E-state index in [0.717, 1.165) is 114 Å². The number of anilines is 1. The average Bonchev–Trinajstić information content (AvgIpc) is 3.76. The summed E-state index contributed by atoms with van der Waals surface area (Å²) in [6, 6.07) is 26.2. The highest BCUT2D eigenvalue weighted by Gasteiger charge is 2.49. The first kappa shape index (κ1) is 35.7. The Balaban J connectivity index is 0.686. The minimum Gasteiger partial charge on any atom is -0.508 e. The zero-order valence-corrected chi connectivity index (χ0v) is 33.3. The van der Waals surface area contributed by atoms with Crippen LogP contribution in [0, 0.1) is 11.3 Å². The van der Waals surface area contributed by atoms with E-state index in [2.05, 4.69) is 86.9 Å². The third-order valence-electron chi connectivity index (χ3n) is 15.7. The molecule has 3 aromatic carbocycles. The van der Waals surface area contributed by atoms with Crippen LogP contribution in [-0.2, 0) is 18.4 Å². The van der Waals surface area contributed by atoms with E-state index in [1.165, 1.54) is 65.6 Å². The van der Waals surface area contributed by atoms with Gasteiger partial charge in [0.05, 0.1) is 6.61 Å². The third-order valence-corrected chi connectivity index (χ3v) is 15.7. The Morgan fingerprint density at radius 3 is 2.49 bits per heavy atom. The topological polar surface area (TPSA) is 81.2 Å². The van der Waals surface area contributed by atoms with Crippen molar-refractivity contribution in [3.8, 4) is 11.5 Å². The molecule has 3 atom stereocenters. The van der Waals surface area contributed by atoms with Crippen molar-refractivity contribution in [2.45, 2.75) is 94.0 Å². The van der Waals surface area contributed by atoms with Crippen molar-refractivity contribution < 1.29 is 14.6 Å². The molecule has 6 heterocycles. The normalized spacial score (nSPS) is 26.5. The van der Waals surface area contributed by atoms with E-state index < -0.39 is 0 Å². The van der Waals surface area contributed by atoms with Crippen molar-refractivity contribution in [1.82, 2.24) is 20.1 Å². The van der Waals surface area contributed by atoms with E-state index in [-0.39, 0.29) is 17.2 Å². The monoisotopic (exact) mass is 763 g/mol. The Kier molecular flexibility index (Phi) is 8.88. The van der Waals surface area contributed by atoms with Gasteiger partial charge in [-0.2, -0.15) is 0 Å². The van der Waals surface area contributed by atoms with Gasteiger partial charge in [0.1, 0.15) is 17.3 Å². The van der Waals surface area contributed by atoms with Gasteiger partial charge in [0.25, 0.3) is 5.91 Å². The van der Waals surface area contributed by atoms with Gasteiger partial charge in [-0.05, 0) is 159 Å². The summed E-state index contributed by atoms with van der Waals surface area (Å²) in [5, 5.41) is 13.7. The molecule has 7 aliphatic rings. The fraction of sp³-hybridized carbons (Fsp3) is 0.510. The van der Waals surface area contributed by atoms with Crippen LogP contribution < -0.4 is 15.0 Å². The van der Waals surface area contributed by atoms with Crippen LogP contribution in [0.1, 0.15) is 113 Å². The average molecular weight is 764 g/mol. The number of fused-ring (bicyclic) bond motifs is 4. The SMILES string of the molecule is O=C1c2cc3c(cc2CN1[C@H]1CCCNC1)C1(CCN(CC2CC4(CCN(c5ccc([C@H]6c7ccc(O)cc7CC[C@H]6c6ccccc6)cn5)CC4)C2)CC1)CO3. The fourth-order valence-electron chi connectivity index (χ4n) is 12.5. The Labute approximate surface area is 337 Å². The number of aryl methyl sites for hydroxylation is 1. The van der Waals surface area contributed by atoms with Crippen LogP contribution in [0.4, 0.5) is 5.82 Å². The molecule has 8 nitrogen and oxygen atoms in total. The molecule has 4 aromatic rings. The highest BCUT2D eigenvalue weighted by Crippen LogP contribution is 2.54. The minimum absolute atomic E-state index is 0.0953. The van der Waals surface area contributed by atoms with Crippen LogP contribution in [-0.4, -0.2) is 84.3 Å². The van der Waals surface area contributed by atoms with Crippen molar-refractivity contribution in [2.75, 3.05) is 57.3 Å². The Morgan fingerprint density at radius 1 is 0.877 bits per heavy atom. The number of phenolic OH excluding ortho intramolecular Hbond substituents is 1. The molecule has 57 heavy (non-hydrogen) atoms. The lowest BCUT2D eigenvalue weighted by atomic mass is 9.57. The summed E-state index contributed by atoms with van der Waals surface area (Å²) < 4.78 is 6.36. The number of benzene rings is 3. The van der Waals surface area contributed by atoms with Gasteiger partial charge in [-0.15, -0.1) is 0 Å². The number of nitrogens with zero attached hydrogens (tertiary/aromatic N) is 4. The van der Waals surface area contributed by atoms with E-state index in [1.54, 1.807) is 0 Å². The number of hydrogen-bond donors (Lipinski definition) is 2. The number of piperidine rings is 3. The van der Waals surface area contributed by atoms with E-state index in [4.69, 9.17) is 9.72 Å². The molecule has 0 radical (unpaired) electrons. The number of amides is 1. The Morgan fingerprint density at radius 2 is 1.72 bits per heavy atom. The molecule has 2 aliphatic carbocycles. The lowest BCUT2D eigenvalue weighted by molar-refractivity contribution is -0.000740. The van der Waals surface area contributed by atoms with Gasteiger partial charge >= 0.3 is 0 Å². The standard InChI is InChI=1S/C49H57N5O3/c55-39-10-12-41-35(23-39)8-11-40(34-5-2-1-3-6-34)46(41)36-9-13-45(51-28-36)53-21-14-48(15-22-53)26-33(27-48)30-52-19-16-49(17-20-52)32-57-44-25-42-37(24-43(44)49)31-54(47(42)56)38-7-4-18-50-29-38/h1-3,5-6,9-10,12-13,23-25,28,33,38,40,46,50,55H,4,7-8,11,14-22,26-27,29-32H2/t38-,40-,46+/m0/s1. The maximum atomic E-state index is 13.4. The van der Waals surface area contributed by atoms with Gasteiger partial charge < -0.3 is 29.9 Å². The predicted molar refractivity (Wildman–Crippen MR) is 223 cm³/mol. The summed E-state index contributed by atoms with van der Waals surface area (Å²) in [7, 11) is 0. The van der Waals surface area contributed by atoms with E-state index in [9.17, 15) is 9.90 Å². The third kappa shape index (κ3) is 6.33. The van der Waals surface area contributed by atoms with Gasteiger partial charge in [-0.25, -0.2) is 4.98 Å². The lowest BCUT2D eigenvalue weighted by Crippen LogP contribution is -2.51. The van der Waals surface area contributed by atoms with Crippen LogP contribution in [0.15, 0.2) is 79.0 Å². The highest BCUT2D eigenvalue weighted by molar-refractivity contribution is 5.99. The van der Waals surface area contributed by atoms with Crippen molar-refractivity contribution >= 4 is 11.7 Å². The summed E-state index contributed by atoms with van der Waals surface area (Å²) in [4.78, 5) is 25.9. The van der Waals surface area contributed by atoms with Crippen molar-refractivity contribution in [3.63, 3.8) is 0 Å². The molecule has 1 aromatic heterocycles. The summed E-state index contributed by atoms with van der Waals surface area (Å²) in [6.07, 6.45) is 14.0. The van der Waals surface area contributed by atoms with E-state index in [0.29, 0.717) is 23.1 Å². The van der Waals surface area contributed by atoms with Gasteiger partial charge in [-0.1, -0.05) is 42.5 Å². The van der Waals surface area contributed by atoms with Crippen molar-refractivity contribution in [2.24, 2.45) is 11.3 Å². The zero-order chi connectivity index (χ0) is 38.1. The van der Waals surface area contributed by atoms with Gasteiger partial charge in [0.15, 0.2) is 0 Å². The number of aromatic hydroxyl groups is 1. The molecule has 2 spiro atoms.